The van der Waals surface area contributed by atoms with Gasteiger partial charge in [-0.15, -0.1) is 0 Å². The van der Waals surface area contributed by atoms with Crippen molar-refractivity contribution in [3.63, 3.8) is 0 Å². The summed E-state index contributed by atoms with van der Waals surface area (Å²) in [6, 6.07) is 48.9. The zero-order chi connectivity index (χ0) is 39.5. The van der Waals surface area contributed by atoms with E-state index in [1.54, 1.807) is 0 Å². The van der Waals surface area contributed by atoms with Crippen molar-refractivity contribution < 1.29 is 47.8 Å². The van der Waals surface area contributed by atoms with Gasteiger partial charge in [-0.05, 0) is 27.8 Å². The highest BCUT2D eigenvalue weighted by atomic mass is 16.7. The summed E-state index contributed by atoms with van der Waals surface area (Å²) in [6.07, 6.45) is -5.68. The van der Waals surface area contributed by atoms with Crippen LogP contribution in [0.25, 0.3) is 0 Å². The van der Waals surface area contributed by atoms with Crippen molar-refractivity contribution in [2.45, 2.75) is 82.9 Å². The third-order valence-electron chi connectivity index (χ3n) is 9.49. The first-order valence-corrected chi connectivity index (χ1v) is 19.3. The molecular weight excluding hydrogens is 725 g/mol. The molecule has 5 aromatic rings. The number of carbonyl (C=O) groups is 1. The Morgan fingerprint density at radius 3 is 1.47 bits per heavy atom. The number of aliphatic hydroxyl groups is 1. The molecule has 5 unspecified atom stereocenters. The Morgan fingerprint density at radius 1 is 0.561 bits per heavy atom. The van der Waals surface area contributed by atoms with Crippen LogP contribution in [-0.2, 0) is 75.7 Å². The molecule has 0 saturated carbocycles. The highest BCUT2D eigenvalue weighted by Crippen LogP contribution is 2.30. The number of carbonyl (C=O) groups excluding carboxylic acids is 1. The second kappa shape index (κ2) is 22.9. The number of ether oxygens (including phenoxy) is 8. The molecule has 1 fully saturated rings. The van der Waals surface area contributed by atoms with E-state index in [-0.39, 0.29) is 46.2 Å². The third kappa shape index (κ3) is 13.4. The zero-order valence-corrected chi connectivity index (χ0v) is 32.3. The van der Waals surface area contributed by atoms with Crippen LogP contribution in [0, 0.1) is 0 Å². The van der Waals surface area contributed by atoms with E-state index in [2.05, 4.69) is 0 Å². The van der Waals surface area contributed by atoms with Gasteiger partial charge in [0, 0.05) is 6.92 Å². The van der Waals surface area contributed by atoms with Crippen LogP contribution in [-0.4, -0.2) is 73.8 Å². The molecule has 0 radical (unpaired) electrons. The molecule has 1 saturated heterocycles. The van der Waals surface area contributed by atoms with E-state index in [4.69, 9.17) is 37.9 Å². The number of esters is 1. The van der Waals surface area contributed by atoms with E-state index in [1.807, 2.05) is 152 Å². The molecular formula is C47H52O10. The summed E-state index contributed by atoms with van der Waals surface area (Å²) in [6.45, 7) is 2.39. The normalized spacial score (nSPS) is 19.5. The monoisotopic (exact) mass is 776 g/mol. The molecule has 0 spiro atoms. The molecule has 6 rings (SSSR count). The molecule has 1 N–H and O–H groups in total. The van der Waals surface area contributed by atoms with E-state index in [0.717, 1.165) is 27.8 Å². The summed E-state index contributed by atoms with van der Waals surface area (Å²) < 4.78 is 51.1. The van der Waals surface area contributed by atoms with Crippen LogP contribution in [0.15, 0.2) is 152 Å². The lowest BCUT2D eigenvalue weighted by Crippen LogP contribution is -2.48. The fourth-order valence-electron chi connectivity index (χ4n) is 6.56. The Morgan fingerprint density at radius 2 is 1.00 bits per heavy atom. The first-order valence-electron chi connectivity index (χ1n) is 19.3. The van der Waals surface area contributed by atoms with Gasteiger partial charge in [-0.2, -0.15) is 0 Å². The molecule has 0 aromatic heterocycles. The average molecular weight is 777 g/mol. The molecule has 1 heterocycles. The van der Waals surface area contributed by atoms with Crippen LogP contribution in [0.5, 0.6) is 0 Å². The number of hydrogen-bond donors (Lipinski definition) is 1. The van der Waals surface area contributed by atoms with Gasteiger partial charge in [0.1, 0.15) is 30.5 Å². The van der Waals surface area contributed by atoms with Gasteiger partial charge in [0.2, 0.25) is 0 Å². The van der Waals surface area contributed by atoms with E-state index in [0.29, 0.717) is 6.61 Å². The van der Waals surface area contributed by atoms with Gasteiger partial charge in [0.05, 0.1) is 52.9 Å². The summed E-state index contributed by atoms with van der Waals surface area (Å²) in [5, 5.41) is 10.8. The van der Waals surface area contributed by atoms with Crippen molar-refractivity contribution in [3.05, 3.63) is 179 Å². The molecule has 300 valence electrons. The molecule has 7 atom stereocenters. The van der Waals surface area contributed by atoms with E-state index in [1.165, 1.54) is 6.92 Å². The first kappa shape index (κ1) is 41.9. The SMILES string of the molecule is CC(=O)OC1C(OCc2ccccc2)[C@H](OCC(OCc2ccccc2)C(OCc2ccccc2)C(CO)OCc2ccccc2)O[C@@H]1COCc1ccccc1. The minimum atomic E-state index is -0.987. The lowest BCUT2D eigenvalue weighted by atomic mass is 10.1. The summed E-state index contributed by atoms with van der Waals surface area (Å²) in [5.41, 5.74) is 4.77. The highest BCUT2D eigenvalue weighted by Gasteiger charge is 2.49. The summed E-state index contributed by atoms with van der Waals surface area (Å²) in [5.74, 6) is -0.481. The second-order valence-electron chi connectivity index (χ2n) is 13.8. The van der Waals surface area contributed by atoms with Crippen LogP contribution < -0.4 is 0 Å². The van der Waals surface area contributed by atoms with E-state index < -0.39 is 48.9 Å². The smallest absolute Gasteiger partial charge is 0.303 e. The van der Waals surface area contributed by atoms with Gasteiger partial charge in [-0.25, -0.2) is 0 Å². The lowest BCUT2D eigenvalue weighted by molar-refractivity contribution is -0.223. The topological polar surface area (TPSA) is 111 Å². The molecule has 5 aromatic carbocycles. The summed E-state index contributed by atoms with van der Waals surface area (Å²) >= 11 is 0. The van der Waals surface area contributed by atoms with Crippen molar-refractivity contribution in [1.29, 1.82) is 0 Å². The van der Waals surface area contributed by atoms with Crippen molar-refractivity contribution in [1.82, 2.24) is 0 Å². The summed E-state index contributed by atoms with van der Waals surface area (Å²) in [4.78, 5) is 12.5. The van der Waals surface area contributed by atoms with Crippen molar-refractivity contribution in [2.24, 2.45) is 0 Å². The maximum Gasteiger partial charge on any atom is 0.303 e. The van der Waals surface area contributed by atoms with E-state index >= 15 is 0 Å². The zero-order valence-electron chi connectivity index (χ0n) is 32.3. The highest BCUT2D eigenvalue weighted by molar-refractivity contribution is 5.66. The predicted molar refractivity (Wildman–Crippen MR) is 213 cm³/mol. The number of aliphatic hydroxyl groups excluding tert-OH is 1. The van der Waals surface area contributed by atoms with Gasteiger partial charge in [0.15, 0.2) is 12.4 Å². The Labute approximate surface area is 335 Å². The van der Waals surface area contributed by atoms with Crippen molar-refractivity contribution in [2.75, 3.05) is 19.8 Å². The molecule has 0 aliphatic carbocycles. The Hall–Kier alpha value is -4.75. The molecule has 0 bridgehead atoms. The van der Waals surface area contributed by atoms with Gasteiger partial charge >= 0.3 is 5.97 Å². The average Bonchev–Trinajstić information content (AvgIpc) is 3.57. The fourth-order valence-corrected chi connectivity index (χ4v) is 6.56. The minimum Gasteiger partial charge on any atom is -0.457 e. The molecule has 57 heavy (non-hydrogen) atoms. The van der Waals surface area contributed by atoms with Crippen LogP contribution in [0.4, 0.5) is 0 Å². The lowest BCUT2D eigenvalue weighted by Gasteiger charge is -2.34. The van der Waals surface area contributed by atoms with Crippen molar-refractivity contribution >= 4 is 5.97 Å². The van der Waals surface area contributed by atoms with E-state index in [9.17, 15) is 9.90 Å². The number of hydrogen-bond acceptors (Lipinski definition) is 10. The molecule has 10 heteroatoms. The standard InChI is InChI=1S/C47H52O10/c1-35(49)56-45-43(33-50-28-36-17-7-2-8-18-36)57-47(46(45)54-32-40-25-15-6-16-26-40)55-34-42(52-30-38-21-11-4-12-22-38)44(53-31-39-23-13-5-14-24-39)41(27-48)51-29-37-19-9-3-10-20-37/h2-26,41-48H,27-34H2,1H3/t41?,42?,43-,44?,45?,46?,47-/m1/s1. The van der Waals surface area contributed by atoms with Gasteiger partial charge in [-0.3, -0.25) is 4.79 Å². The minimum absolute atomic E-state index is 0.0439. The molecule has 1 aliphatic heterocycles. The van der Waals surface area contributed by atoms with Crippen LogP contribution in [0.3, 0.4) is 0 Å². The van der Waals surface area contributed by atoms with Gasteiger partial charge in [0.25, 0.3) is 0 Å². The Bertz CT molecular complexity index is 1830. The molecule has 1 aliphatic rings. The van der Waals surface area contributed by atoms with Crippen LogP contribution in [0.1, 0.15) is 34.7 Å². The summed E-state index contributed by atoms with van der Waals surface area (Å²) in [7, 11) is 0. The van der Waals surface area contributed by atoms with Crippen molar-refractivity contribution in [3.8, 4) is 0 Å². The number of benzene rings is 5. The fraction of sp³-hybridized carbons (Fsp3) is 0.340. The predicted octanol–water partition coefficient (Wildman–Crippen LogP) is 7.21. The third-order valence-corrected chi connectivity index (χ3v) is 9.49. The van der Waals surface area contributed by atoms with Gasteiger partial charge < -0.3 is 43.0 Å². The second-order valence-corrected chi connectivity index (χ2v) is 13.8. The Kier molecular flexibility index (Phi) is 16.8. The maximum absolute atomic E-state index is 12.5. The largest absolute Gasteiger partial charge is 0.457 e. The molecule has 0 amide bonds. The van der Waals surface area contributed by atoms with Crippen LogP contribution >= 0.6 is 0 Å². The van der Waals surface area contributed by atoms with Gasteiger partial charge in [-0.1, -0.05) is 152 Å². The Balaban J connectivity index is 1.25. The molecule has 10 nitrogen and oxygen atoms in total. The van der Waals surface area contributed by atoms with Crippen LogP contribution in [0.2, 0.25) is 0 Å². The maximum atomic E-state index is 12.5. The first-order chi connectivity index (χ1) is 28.1. The quantitative estimate of drug-likeness (QED) is 0.0684. The number of rotatable bonds is 23.